The molecule has 4 heteroatoms. The second-order valence-corrected chi connectivity index (χ2v) is 4.84. The lowest BCUT2D eigenvalue weighted by molar-refractivity contribution is -0.141. The van der Waals surface area contributed by atoms with Gasteiger partial charge < -0.3 is 10.6 Å². The molecule has 1 atom stereocenters. The molecule has 1 heterocycles. The highest BCUT2D eigenvalue weighted by Gasteiger charge is 2.38. The zero-order valence-corrected chi connectivity index (χ0v) is 11.5. The number of hydrogen-bond donors (Lipinski definition) is 1. The molecule has 3 nitrogen and oxygen atoms in total. The maximum atomic E-state index is 12.4. The minimum atomic E-state index is -0.302. The van der Waals surface area contributed by atoms with E-state index in [2.05, 4.69) is 20.8 Å². The van der Waals surface area contributed by atoms with Crippen molar-refractivity contribution in [3.05, 3.63) is 0 Å². The van der Waals surface area contributed by atoms with Crippen LogP contribution in [0.3, 0.4) is 0 Å². The van der Waals surface area contributed by atoms with Crippen LogP contribution in [0, 0.1) is 11.3 Å². The minimum absolute atomic E-state index is 0. The number of rotatable bonds is 4. The molecule has 1 amide bonds. The number of nitrogens with two attached hydrogens (primary N) is 1. The molecular formula is C12H25ClN2O. The molecule has 0 aromatic carbocycles. The fraction of sp³-hybridized carbons (Fsp3) is 0.917. The monoisotopic (exact) mass is 248 g/mol. The van der Waals surface area contributed by atoms with Crippen LogP contribution in [0.2, 0.25) is 0 Å². The van der Waals surface area contributed by atoms with Crippen LogP contribution in [-0.4, -0.2) is 30.4 Å². The quantitative estimate of drug-likeness (QED) is 0.828. The average Bonchev–Trinajstić information content (AvgIpc) is 2.68. The van der Waals surface area contributed by atoms with Gasteiger partial charge in [0, 0.05) is 19.6 Å². The topological polar surface area (TPSA) is 46.3 Å². The number of halogens is 1. The predicted octanol–water partition coefficient (Wildman–Crippen LogP) is 2.04. The highest BCUT2D eigenvalue weighted by atomic mass is 35.5. The summed E-state index contributed by atoms with van der Waals surface area (Å²) in [5, 5.41) is 0. The van der Waals surface area contributed by atoms with Crippen molar-refractivity contribution in [2.75, 3.05) is 19.6 Å². The second-order valence-electron chi connectivity index (χ2n) is 4.84. The summed E-state index contributed by atoms with van der Waals surface area (Å²) in [6, 6.07) is 0. The molecule has 1 aliphatic heterocycles. The number of hydrogen-bond acceptors (Lipinski definition) is 2. The molecule has 0 aromatic rings. The first-order valence-electron chi connectivity index (χ1n) is 6.09. The van der Waals surface area contributed by atoms with Gasteiger partial charge in [-0.25, -0.2) is 0 Å². The van der Waals surface area contributed by atoms with Gasteiger partial charge in [0.05, 0.1) is 5.41 Å². The molecule has 16 heavy (non-hydrogen) atoms. The third-order valence-corrected chi connectivity index (χ3v) is 3.91. The Bertz CT molecular complexity index is 221. The van der Waals surface area contributed by atoms with Crippen LogP contribution in [0.4, 0.5) is 0 Å². The maximum Gasteiger partial charge on any atom is 0.230 e. The Labute approximate surface area is 105 Å². The van der Waals surface area contributed by atoms with Crippen molar-refractivity contribution in [1.82, 2.24) is 4.90 Å². The van der Waals surface area contributed by atoms with Crippen molar-refractivity contribution in [2.24, 2.45) is 17.1 Å². The summed E-state index contributed by atoms with van der Waals surface area (Å²) in [4.78, 5) is 14.4. The van der Waals surface area contributed by atoms with Crippen LogP contribution in [0.1, 0.15) is 40.0 Å². The van der Waals surface area contributed by atoms with E-state index in [-0.39, 0.29) is 23.7 Å². The fourth-order valence-corrected chi connectivity index (χ4v) is 2.38. The number of likely N-dealkylation sites (tertiary alicyclic amines) is 1. The van der Waals surface area contributed by atoms with Gasteiger partial charge in [-0.05, 0) is 25.2 Å². The van der Waals surface area contributed by atoms with E-state index in [1.165, 1.54) is 0 Å². The molecule has 0 aromatic heterocycles. The fourth-order valence-electron chi connectivity index (χ4n) is 2.38. The van der Waals surface area contributed by atoms with Gasteiger partial charge in [-0.2, -0.15) is 0 Å². The van der Waals surface area contributed by atoms with Crippen molar-refractivity contribution < 1.29 is 4.79 Å². The molecule has 1 rings (SSSR count). The van der Waals surface area contributed by atoms with E-state index >= 15 is 0 Å². The Morgan fingerprint density at radius 1 is 1.44 bits per heavy atom. The van der Waals surface area contributed by atoms with Gasteiger partial charge in [0.2, 0.25) is 5.91 Å². The van der Waals surface area contributed by atoms with Crippen molar-refractivity contribution in [3.8, 4) is 0 Å². The third-order valence-electron chi connectivity index (χ3n) is 3.91. The first kappa shape index (κ1) is 15.7. The van der Waals surface area contributed by atoms with Crippen molar-refractivity contribution >= 4 is 18.3 Å². The Balaban J connectivity index is 0.00000225. The van der Waals surface area contributed by atoms with E-state index in [4.69, 9.17) is 5.73 Å². The highest BCUT2D eigenvalue weighted by Crippen LogP contribution is 2.30. The summed E-state index contributed by atoms with van der Waals surface area (Å²) in [6.07, 6.45) is 2.84. The Morgan fingerprint density at radius 2 is 2.00 bits per heavy atom. The second kappa shape index (κ2) is 6.45. The van der Waals surface area contributed by atoms with Crippen LogP contribution >= 0.6 is 12.4 Å². The largest absolute Gasteiger partial charge is 0.342 e. The van der Waals surface area contributed by atoms with Crippen LogP contribution < -0.4 is 5.73 Å². The van der Waals surface area contributed by atoms with Crippen LogP contribution in [0.15, 0.2) is 0 Å². The SMILES string of the molecule is CCC(CC)(CN)C(=O)N1CCC(C)C1.Cl. The summed E-state index contributed by atoms with van der Waals surface area (Å²) >= 11 is 0. The van der Waals surface area contributed by atoms with Crippen molar-refractivity contribution in [2.45, 2.75) is 40.0 Å². The molecule has 0 spiro atoms. The van der Waals surface area contributed by atoms with Crippen LogP contribution in [0.25, 0.3) is 0 Å². The molecule has 1 saturated heterocycles. The molecule has 0 aliphatic carbocycles. The maximum absolute atomic E-state index is 12.4. The zero-order valence-electron chi connectivity index (χ0n) is 10.7. The number of carbonyl (C=O) groups is 1. The van der Waals surface area contributed by atoms with Crippen molar-refractivity contribution in [1.29, 1.82) is 0 Å². The Hall–Kier alpha value is -0.280. The van der Waals surface area contributed by atoms with Crippen LogP contribution in [0.5, 0.6) is 0 Å². The van der Waals surface area contributed by atoms with Gasteiger partial charge >= 0.3 is 0 Å². The molecule has 0 bridgehead atoms. The first-order valence-corrected chi connectivity index (χ1v) is 6.09. The lowest BCUT2D eigenvalue weighted by atomic mass is 9.81. The molecule has 1 unspecified atom stereocenters. The highest BCUT2D eigenvalue weighted by molar-refractivity contribution is 5.85. The molecule has 0 saturated carbocycles. The van der Waals surface area contributed by atoms with E-state index in [1.54, 1.807) is 0 Å². The summed E-state index contributed by atoms with van der Waals surface area (Å²) in [5.41, 5.74) is 5.48. The molecule has 1 aliphatic rings. The van der Waals surface area contributed by atoms with Crippen molar-refractivity contribution in [3.63, 3.8) is 0 Å². The molecule has 2 N–H and O–H groups in total. The van der Waals surface area contributed by atoms with Gasteiger partial charge in [0.25, 0.3) is 0 Å². The summed E-state index contributed by atoms with van der Waals surface area (Å²) in [7, 11) is 0. The summed E-state index contributed by atoms with van der Waals surface area (Å²) in [5.74, 6) is 0.928. The number of amides is 1. The van der Waals surface area contributed by atoms with Gasteiger partial charge in [0.15, 0.2) is 0 Å². The average molecular weight is 249 g/mol. The minimum Gasteiger partial charge on any atom is -0.342 e. The van der Waals surface area contributed by atoms with E-state index in [0.717, 1.165) is 32.4 Å². The number of carbonyl (C=O) groups excluding carboxylic acids is 1. The lowest BCUT2D eigenvalue weighted by Gasteiger charge is -2.33. The normalized spacial score (nSPS) is 20.8. The third kappa shape index (κ3) is 2.89. The Kier molecular flexibility index (Phi) is 6.34. The lowest BCUT2D eigenvalue weighted by Crippen LogP contribution is -2.46. The smallest absolute Gasteiger partial charge is 0.230 e. The molecule has 1 fully saturated rings. The summed E-state index contributed by atoms with van der Waals surface area (Å²) < 4.78 is 0. The first-order chi connectivity index (χ1) is 7.09. The van der Waals surface area contributed by atoms with Crippen LogP contribution in [-0.2, 0) is 4.79 Å². The number of nitrogens with zero attached hydrogens (tertiary/aromatic N) is 1. The van der Waals surface area contributed by atoms with E-state index in [1.807, 2.05) is 4.90 Å². The zero-order chi connectivity index (χ0) is 11.5. The van der Waals surface area contributed by atoms with Gasteiger partial charge in [-0.15, -0.1) is 12.4 Å². The standard InChI is InChI=1S/C12H24N2O.ClH/c1-4-12(5-2,9-13)11(15)14-7-6-10(3)8-14;/h10H,4-9,13H2,1-3H3;1H. The van der Waals surface area contributed by atoms with E-state index < -0.39 is 0 Å². The van der Waals surface area contributed by atoms with E-state index in [9.17, 15) is 4.79 Å². The van der Waals surface area contributed by atoms with Gasteiger partial charge in [-0.3, -0.25) is 4.79 Å². The molecular weight excluding hydrogens is 224 g/mol. The van der Waals surface area contributed by atoms with Gasteiger partial charge in [0.1, 0.15) is 0 Å². The summed E-state index contributed by atoms with van der Waals surface area (Å²) in [6.45, 7) is 8.64. The predicted molar refractivity (Wildman–Crippen MR) is 69.7 cm³/mol. The molecule has 0 radical (unpaired) electrons. The molecule has 96 valence electrons. The van der Waals surface area contributed by atoms with E-state index in [0.29, 0.717) is 12.5 Å². The Morgan fingerprint density at radius 3 is 2.31 bits per heavy atom. The van der Waals surface area contributed by atoms with Gasteiger partial charge in [-0.1, -0.05) is 20.8 Å².